The Morgan fingerprint density at radius 2 is 1.69 bits per heavy atom. The summed E-state index contributed by atoms with van der Waals surface area (Å²) < 4.78 is 5.18. The van der Waals surface area contributed by atoms with Crippen molar-refractivity contribution in [3.63, 3.8) is 0 Å². The van der Waals surface area contributed by atoms with Crippen LogP contribution in [0.25, 0.3) is 5.57 Å². The predicted octanol–water partition coefficient (Wildman–Crippen LogP) is 5.94. The number of carboxylic acids is 1. The molecule has 0 aromatic heterocycles. The SMILES string of the molecule is CCc1cccc(/C(=C\CSc2ccc(OCC(=O)O)cc2)c2ccccc2)c1. The third-order valence-electron chi connectivity index (χ3n) is 4.45. The van der Waals surface area contributed by atoms with Crippen LogP contribution in [0.15, 0.2) is 89.8 Å². The number of carbonyl (C=O) groups is 1. The third kappa shape index (κ3) is 6.26. The second-order valence-corrected chi connectivity index (χ2v) is 7.60. The van der Waals surface area contributed by atoms with Crippen molar-refractivity contribution in [3.8, 4) is 5.75 Å². The Balaban J connectivity index is 1.74. The summed E-state index contributed by atoms with van der Waals surface area (Å²) in [6, 6.07) is 26.7. The molecule has 3 rings (SSSR count). The van der Waals surface area contributed by atoms with Gasteiger partial charge in [0.1, 0.15) is 5.75 Å². The highest BCUT2D eigenvalue weighted by Crippen LogP contribution is 2.27. The van der Waals surface area contributed by atoms with Crippen LogP contribution in [0.1, 0.15) is 23.6 Å². The molecule has 3 aromatic carbocycles. The van der Waals surface area contributed by atoms with Gasteiger partial charge in [-0.3, -0.25) is 0 Å². The van der Waals surface area contributed by atoms with Crippen LogP contribution in [-0.2, 0) is 11.2 Å². The van der Waals surface area contributed by atoms with E-state index in [2.05, 4.69) is 61.5 Å². The Morgan fingerprint density at radius 1 is 0.966 bits per heavy atom. The highest BCUT2D eigenvalue weighted by molar-refractivity contribution is 7.99. The Morgan fingerprint density at radius 3 is 2.38 bits per heavy atom. The van der Waals surface area contributed by atoms with E-state index < -0.39 is 5.97 Å². The minimum Gasteiger partial charge on any atom is -0.482 e. The first kappa shape index (κ1) is 20.7. The van der Waals surface area contributed by atoms with Crippen LogP contribution in [0.5, 0.6) is 5.75 Å². The third-order valence-corrected chi connectivity index (χ3v) is 5.39. The maximum absolute atomic E-state index is 10.6. The second-order valence-electron chi connectivity index (χ2n) is 6.50. The van der Waals surface area contributed by atoms with E-state index in [4.69, 9.17) is 9.84 Å². The molecule has 0 spiro atoms. The van der Waals surface area contributed by atoms with Gasteiger partial charge in [0.05, 0.1) is 0 Å². The van der Waals surface area contributed by atoms with Gasteiger partial charge in [0, 0.05) is 10.6 Å². The minimum absolute atomic E-state index is 0.327. The Kier molecular flexibility index (Phi) is 7.54. The van der Waals surface area contributed by atoms with Crippen LogP contribution in [0.2, 0.25) is 0 Å². The van der Waals surface area contributed by atoms with Crippen molar-refractivity contribution >= 4 is 23.3 Å². The van der Waals surface area contributed by atoms with E-state index in [0.717, 1.165) is 17.1 Å². The van der Waals surface area contributed by atoms with Crippen molar-refractivity contribution in [2.75, 3.05) is 12.4 Å². The molecule has 0 amide bonds. The average molecular weight is 405 g/mol. The molecule has 1 N–H and O–H groups in total. The van der Waals surface area contributed by atoms with Crippen LogP contribution < -0.4 is 4.74 Å². The number of aliphatic carboxylic acids is 1. The highest BCUT2D eigenvalue weighted by atomic mass is 32.2. The topological polar surface area (TPSA) is 46.5 Å². The zero-order valence-corrected chi connectivity index (χ0v) is 17.2. The zero-order valence-electron chi connectivity index (χ0n) is 16.4. The highest BCUT2D eigenvalue weighted by Gasteiger charge is 2.06. The van der Waals surface area contributed by atoms with Gasteiger partial charge in [-0.2, -0.15) is 0 Å². The fourth-order valence-electron chi connectivity index (χ4n) is 2.98. The summed E-state index contributed by atoms with van der Waals surface area (Å²) in [6.45, 7) is 1.84. The number of hydrogen-bond donors (Lipinski definition) is 1. The van der Waals surface area contributed by atoms with Gasteiger partial charge in [0.2, 0.25) is 0 Å². The zero-order chi connectivity index (χ0) is 20.5. The van der Waals surface area contributed by atoms with E-state index in [9.17, 15) is 4.79 Å². The number of benzene rings is 3. The molecule has 0 saturated carbocycles. The summed E-state index contributed by atoms with van der Waals surface area (Å²) in [5, 5.41) is 8.68. The first-order valence-corrected chi connectivity index (χ1v) is 10.6. The van der Waals surface area contributed by atoms with E-state index >= 15 is 0 Å². The van der Waals surface area contributed by atoms with E-state index in [1.807, 2.05) is 18.2 Å². The van der Waals surface area contributed by atoms with Crippen molar-refractivity contribution in [1.82, 2.24) is 0 Å². The molecule has 4 heteroatoms. The van der Waals surface area contributed by atoms with E-state index in [1.54, 1.807) is 23.9 Å². The monoisotopic (exact) mass is 404 g/mol. The number of thioether (sulfide) groups is 1. The molecule has 0 heterocycles. The summed E-state index contributed by atoms with van der Waals surface area (Å²) in [5.41, 5.74) is 5.00. The molecule has 0 aliphatic carbocycles. The molecule has 0 aliphatic heterocycles. The summed E-state index contributed by atoms with van der Waals surface area (Å²) in [7, 11) is 0. The van der Waals surface area contributed by atoms with Gasteiger partial charge in [-0.15, -0.1) is 11.8 Å². The summed E-state index contributed by atoms with van der Waals surface area (Å²) in [4.78, 5) is 11.7. The molecule has 0 fully saturated rings. The van der Waals surface area contributed by atoms with Crippen molar-refractivity contribution in [1.29, 1.82) is 0 Å². The van der Waals surface area contributed by atoms with Gasteiger partial charge in [0.15, 0.2) is 6.61 Å². The molecular weight excluding hydrogens is 380 g/mol. The van der Waals surface area contributed by atoms with Crippen molar-refractivity contribution in [3.05, 3.63) is 102 Å². The molecular formula is C25H24O3S. The Bertz CT molecular complexity index is 963. The van der Waals surface area contributed by atoms with Crippen LogP contribution in [0.3, 0.4) is 0 Å². The number of ether oxygens (including phenoxy) is 1. The van der Waals surface area contributed by atoms with Crippen LogP contribution >= 0.6 is 11.8 Å². The molecule has 0 aliphatic rings. The van der Waals surface area contributed by atoms with E-state index in [-0.39, 0.29) is 6.61 Å². The molecule has 0 unspecified atom stereocenters. The number of aryl methyl sites for hydroxylation is 1. The summed E-state index contributed by atoms with van der Waals surface area (Å²) in [5.74, 6) is 0.415. The Labute approximate surface area is 176 Å². The lowest BCUT2D eigenvalue weighted by Gasteiger charge is -2.11. The van der Waals surface area contributed by atoms with Crippen LogP contribution in [-0.4, -0.2) is 23.4 Å². The standard InChI is InChI=1S/C25H24O3S/c1-2-19-7-6-10-21(17-19)24(20-8-4-3-5-9-20)15-16-29-23-13-11-22(12-14-23)28-18-25(26)27/h3-15,17H,2,16,18H2,1H3,(H,26,27)/b24-15-. The first-order valence-electron chi connectivity index (χ1n) is 9.58. The maximum atomic E-state index is 10.6. The quantitative estimate of drug-likeness (QED) is 0.449. The Hall–Kier alpha value is -2.98. The van der Waals surface area contributed by atoms with Crippen molar-refractivity contribution in [2.24, 2.45) is 0 Å². The fourth-order valence-corrected chi connectivity index (χ4v) is 3.75. The largest absolute Gasteiger partial charge is 0.482 e. The molecule has 0 radical (unpaired) electrons. The smallest absolute Gasteiger partial charge is 0.341 e. The van der Waals surface area contributed by atoms with Gasteiger partial charge < -0.3 is 9.84 Å². The summed E-state index contributed by atoms with van der Waals surface area (Å²) >= 11 is 1.73. The lowest BCUT2D eigenvalue weighted by atomic mass is 9.96. The number of rotatable bonds is 9. The van der Waals surface area contributed by atoms with E-state index in [0.29, 0.717) is 5.75 Å². The van der Waals surface area contributed by atoms with Gasteiger partial charge in [0.25, 0.3) is 0 Å². The van der Waals surface area contributed by atoms with Gasteiger partial charge in [-0.25, -0.2) is 4.79 Å². The normalized spacial score (nSPS) is 11.3. The van der Waals surface area contributed by atoms with Crippen LogP contribution in [0.4, 0.5) is 0 Å². The summed E-state index contributed by atoms with van der Waals surface area (Å²) in [6.07, 6.45) is 3.28. The van der Waals surface area contributed by atoms with Crippen LogP contribution in [0, 0.1) is 0 Å². The van der Waals surface area contributed by atoms with Crippen molar-refractivity contribution < 1.29 is 14.6 Å². The molecule has 0 atom stereocenters. The fraction of sp³-hybridized carbons (Fsp3) is 0.160. The average Bonchev–Trinajstić information content (AvgIpc) is 2.76. The molecule has 0 saturated heterocycles. The number of carboxylic acid groups (broad SMARTS) is 1. The maximum Gasteiger partial charge on any atom is 0.341 e. The van der Waals surface area contributed by atoms with Gasteiger partial charge in [-0.1, -0.05) is 67.6 Å². The molecule has 0 bridgehead atoms. The molecule has 3 aromatic rings. The van der Waals surface area contributed by atoms with E-state index in [1.165, 1.54) is 22.3 Å². The lowest BCUT2D eigenvalue weighted by molar-refractivity contribution is -0.139. The number of hydrogen-bond acceptors (Lipinski definition) is 3. The lowest BCUT2D eigenvalue weighted by Crippen LogP contribution is -2.09. The van der Waals surface area contributed by atoms with Crippen molar-refractivity contribution in [2.45, 2.75) is 18.2 Å². The first-order chi connectivity index (χ1) is 14.2. The van der Waals surface area contributed by atoms with Gasteiger partial charge in [-0.05, 0) is 52.9 Å². The molecule has 3 nitrogen and oxygen atoms in total. The second kappa shape index (κ2) is 10.5. The minimum atomic E-state index is -0.978. The molecule has 29 heavy (non-hydrogen) atoms. The predicted molar refractivity (Wildman–Crippen MR) is 120 cm³/mol. The van der Waals surface area contributed by atoms with Gasteiger partial charge >= 0.3 is 5.97 Å². The molecule has 148 valence electrons.